The Bertz CT molecular complexity index is 767. The molecule has 2 aromatic heterocycles. The van der Waals surface area contributed by atoms with E-state index in [0.29, 0.717) is 34.1 Å². The van der Waals surface area contributed by atoms with E-state index in [-0.39, 0.29) is 6.61 Å². The van der Waals surface area contributed by atoms with Gasteiger partial charge in [-0.3, -0.25) is 0 Å². The highest BCUT2D eigenvalue weighted by Crippen LogP contribution is 2.20. The molecule has 0 N–H and O–H groups in total. The summed E-state index contributed by atoms with van der Waals surface area (Å²) in [5.41, 5.74) is 1.59. The predicted molar refractivity (Wildman–Crippen MR) is 74.2 cm³/mol. The first-order valence-corrected chi connectivity index (χ1v) is 7.11. The molecule has 0 aliphatic heterocycles. The van der Waals surface area contributed by atoms with Gasteiger partial charge in [0.2, 0.25) is 0 Å². The van der Waals surface area contributed by atoms with E-state index >= 15 is 0 Å². The van der Waals surface area contributed by atoms with Crippen LogP contribution in [0.2, 0.25) is 0 Å². The molecule has 3 aromatic rings. The molecule has 8 heteroatoms. The van der Waals surface area contributed by atoms with E-state index in [2.05, 4.69) is 19.9 Å². The van der Waals surface area contributed by atoms with E-state index in [1.165, 1.54) is 11.3 Å². The maximum atomic E-state index is 11.5. The largest absolute Gasteiger partial charge is 0.486 e. The van der Waals surface area contributed by atoms with E-state index < -0.39 is 5.97 Å². The summed E-state index contributed by atoms with van der Waals surface area (Å²) in [6.45, 7) is 2.35. The van der Waals surface area contributed by atoms with Crippen LogP contribution in [-0.2, 0) is 11.3 Å². The molecule has 3 rings (SSSR count). The van der Waals surface area contributed by atoms with Gasteiger partial charge in [0, 0.05) is 11.4 Å². The summed E-state index contributed by atoms with van der Waals surface area (Å²) >= 11 is 1.34. The minimum atomic E-state index is -0.421. The number of rotatable bonds is 5. The van der Waals surface area contributed by atoms with Gasteiger partial charge in [-0.2, -0.15) is 0 Å². The lowest BCUT2D eigenvalue weighted by Gasteiger charge is -2.02. The molecule has 0 aliphatic carbocycles. The summed E-state index contributed by atoms with van der Waals surface area (Å²) in [6, 6.07) is 5.26. The second-order valence-corrected chi connectivity index (χ2v) is 4.99. The lowest BCUT2D eigenvalue weighted by atomic mass is 10.3. The Morgan fingerprint density at radius 3 is 3.05 bits per heavy atom. The Morgan fingerprint density at radius 1 is 1.33 bits per heavy atom. The molecule has 1 aromatic carbocycles. The molecule has 0 radical (unpaired) electrons. The topological polar surface area (TPSA) is 87.3 Å². The van der Waals surface area contributed by atoms with Gasteiger partial charge in [-0.15, -0.1) is 11.3 Å². The van der Waals surface area contributed by atoms with Crippen LogP contribution in [0.5, 0.6) is 5.75 Å². The van der Waals surface area contributed by atoms with Crippen LogP contribution in [0.25, 0.3) is 11.0 Å². The molecule has 0 saturated heterocycles. The Balaban J connectivity index is 1.65. The second-order valence-electron chi connectivity index (χ2n) is 4.05. The molecule has 108 valence electrons. The number of ether oxygens (including phenoxy) is 2. The first kappa shape index (κ1) is 13.5. The Morgan fingerprint density at radius 2 is 2.19 bits per heavy atom. The van der Waals surface area contributed by atoms with Crippen LogP contribution < -0.4 is 4.74 Å². The standard InChI is InChI=1S/C13H11N3O4S/c1-2-18-13(17)11-7-21-12(14-11)6-19-8-3-4-9-10(5-8)16-20-15-9/h3-5,7H,2,6H2,1H3. The number of carbonyl (C=O) groups is 1. The van der Waals surface area contributed by atoms with Crippen molar-refractivity contribution >= 4 is 28.3 Å². The van der Waals surface area contributed by atoms with Crippen LogP contribution in [0.15, 0.2) is 28.2 Å². The number of fused-ring (bicyclic) bond motifs is 1. The van der Waals surface area contributed by atoms with Crippen molar-refractivity contribution in [1.29, 1.82) is 0 Å². The van der Waals surface area contributed by atoms with Gasteiger partial charge in [-0.1, -0.05) is 0 Å². The molecule has 0 spiro atoms. The van der Waals surface area contributed by atoms with Crippen LogP contribution >= 0.6 is 11.3 Å². The average molecular weight is 305 g/mol. The molecule has 7 nitrogen and oxygen atoms in total. The number of hydrogen-bond donors (Lipinski definition) is 0. The highest BCUT2D eigenvalue weighted by atomic mass is 32.1. The zero-order chi connectivity index (χ0) is 14.7. The van der Waals surface area contributed by atoms with E-state index in [4.69, 9.17) is 9.47 Å². The van der Waals surface area contributed by atoms with Crippen molar-refractivity contribution in [3.8, 4) is 5.75 Å². The van der Waals surface area contributed by atoms with Crippen molar-refractivity contribution in [2.45, 2.75) is 13.5 Å². The van der Waals surface area contributed by atoms with Gasteiger partial charge in [-0.25, -0.2) is 14.4 Å². The van der Waals surface area contributed by atoms with E-state index in [9.17, 15) is 4.79 Å². The summed E-state index contributed by atoms with van der Waals surface area (Å²) in [7, 11) is 0. The number of hydrogen-bond acceptors (Lipinski definition) is 8. The molecule has 21 heavy (non-hydrogen) atoms. The Hall–Kier alpha value is -2.48. The first-order valence-electron chi connectivity index (χ1n) is 6.23. The highest BCUT2D eigenvalue weighted by molar-refractivity contribution is 7.09. The minimum absolute atomic E-state index is 0.265. The Kier molecular flexibility index (Phi) is 3.78. The SMILES string of the molecule is CCOC(=O)c1csc(COc2ccc3nonc3c2)n1. The maximum Gasteiger partial charge on any atom is 0.357 e. The minimum Gasteiger partial charge on any atom is -0.486 e. The fraction of sp³-hybridized carbons (Fsp3) is 0.231. The van der Waals surface area contributed by atoms with Gasteiger partial charge < -0.3 is 9.47 Å². The van der Waals surface area contributed by atoms with Crippen molar-refractivity contribution in [1.82, 2.24) is 15.3 Å². The third-order valence-electron chi connectivity index (χ3n) is 2.62. The normalized spacial score (nSPS) is 10.7. The number of thiazole rings is 1. The molecule has 0 unspecified atom stereocenters. The van der Waals surface area contributed by atoms with Crippen molar-refractivity contribution in [3.63, 3.8) is 0 Å². The van der Waals surface area contributed by atoms with Crippen LogP contribution in [0.1, 0.15) is 22.4 Å². The number of esters is 1. The molecule has 0 saturated carbocycles. The lowest BCUT2D eigenvalue weighted by Crippen LogP contribution is -2.05. The monoisotopic (exact) mass is 305 g/mol. The third kappa shape index (κ3) is 3.00. The van der Waals surface area contributed by atoms with Crippen molar-refractivity contribution in [2.24, 2.45) is 0 Å². The van der Waals surface area contributed by atoms with Gasteiger partial charge in [-0.05, 0) is 29.4 Å². The van der Waals surface area contributed by atoms with Crippen LogP contribution in [-0.4, -0.2) is 27.9 Å². The van der Waals surface area contributed by atoms with Crippen LogP contribution in [0, 0.1) is 0 Å². The molecular weight excluding hydrogens is 294 g/mol. The van der Waals surface area contributed by atoms with Crippen LogP contribution in [0.3, 0.4) is 0 Å². The van der Waals surface area contributed by atoms with E-state index in [0.717, 1.165) is 0 Å². The number of aromatic nitrogens is 3. The highest BCUT2D eigenvalue weighted by Gasteiger charge is 2.12. The second kappa shape index (κ2) is 5.88. The molecule has 0 atom stereocenters. The van der Waals surface area contributed by atoms with Gasteiger partial charge >= 0.3 is 5.97 Å². The van der Waals surface area contributed by atoms with Gasteiger partial charge in [0.1, 0.15) is 28.4 Å². The summed E-state index contributed by atoms with van der Waals surface area (Å²) in [6.07, 6.45) is 0. The molecule has 0 aliphatic rings. The summed E-state index contributed by atoms with van der Waals surface area (Å²) in [5.74, 6) is 0.209. The predicted octanol–water partition coefficient (Wildman–Crippen LogP) is 2.44. The Labute approximate surface area is 123 Å². The fourth-order valence-corrected chi connectivity index (χ4v) is 2.35. The first-order chi connectivity index (χ1) is 10.3. The van der Waals surface area contributed by atoms with Gasteiger partial charge in [0.15, 0.2) is 5.69 Å². The molecule has 0 fully saturated rings. The molecular formula is C13H11N3O4S. The molecule has 0 bridgehead atoms. The average Bonchev–Trinajstić information content (AvgIpc) is 3.14. The number of nitrogens with zero attached hydrogens (tertiary/aromatic N) is 3. The zero-order valence-corrected chi connectivity index (χ0v) is 11.9. The summed E-state index contributed by atoms with van der Waals surface area (Å²) in [4.78, 5) is 15.7. The van der Waals surface area contributed by atoms with Gasteiger partial charge in [0.25, 0.3) is 0 Å². The molecule has 0 amide bonds. The summed E-state index contributed by atoms with van der Waals surface area (Å²) < 4.78 is 15.1. The van der Waals surface area contributed by atoms with Crippen LogP contribution in [0.4, 0.5) is 0 Å². The van der Waals surface area contributed by atoms with E-state index in [1.807, 2.05) is 0 Å². The number of carbonyl (C=O) groups excluding carboxylic acids is 1. The molecule has 2 heterocycles. The zero-order valence-electron chi connectivity index (χ0n) is 11.1. The van der Waals surface area contributed by atoms with E-state index in [1.54, 1.807) is 30.5 Å². The summed E-state index contributed by atoms with van der Waals surface area (Å²) in [5, 5.41) is 9.80. The smallest absolute Gasteiger partial charge is 0.357 e. The quantitative estimate of drug-likeness (QED) is 0.669. The fourth-order valence-electron chi connectivity index (χ4n) is 1.67. The number of benzene rings is 1. The van der Waals surface area contributed by atoms with Gasteiger partial charge in [0.05, 0.1) is 6.61 Å². The van der Waals surface area contributed by atoms with Crippen molar-refractivity contribution in [2.75, 3.05) is 6.61 Å². The third-order valence-corrected chi connectivity index (χ3v) is 3.45. The maximum absolute atomic E-state index is 11.5. The van der Waals surface area contributed by atoms with Crippen molar-refractivity contribution in [3.05, 3.63) is 34.3 Å². The lowest BCUT2D eigenvalue weighted by molar-refractivity contribution is 0.0520. The van der Waals surface area contributed by atoms with Crippen molar-refractivity contribution < 1.29 is 18.9 Å².